The average molecular weight is 436 g/mol. The van der Waals surface area contributed by atoms with Crippen molar-refractivity contribution in [3.63, 3.8) is 0 Å². The molecule has 2 N–H and O–H groups in total. The Bertz CT molecular complexity index is 1340. The van der Waals surface area contributed by atoms with Gasteiger partial charge >= 0.3 is 0 Å². The Labute approximate surface area is 178 Å². The van der Waals surface area contributed by atoms with Gasteiger partial charge in [0.25, 0.3) is 0 Å². The van der Waals surface area contributed by atoms with Crippen molar-refractivity contribution in [1.29, 1.82) is 0 Å². The van der Waals surface area contributed by atoms with Crippen molar-refractivity contribution in [2.45, 2.75) is 12.8 Å². The lowest BCUT2D eigenvalue weighted by Gasteiger charge is -2.16. The molecule has 9 heteroatoms. The van der Waals surface area contributed by atoms with E-state index in [1.807, 2.05) is 36.4 Å². The highest BCUT2D eigenvalue weighted by Gasteiger charge is 2.28. The Balaban J connectivity index is 1.33. The highest BCUT2D eigenvalue weighted by atomic mass is 32.2. The number of rotatable bonds is 5. The predicted molar refractivity (Wildman–Crippen MR) is 118 cm³/mol. The lowest BCUT2D eigenvalue weighted by Crippen LogP contribution is -2.24. The fourth-order valence-electron chi connectivity index (χ4n) is 3.77. The van der Waals surface area contributed by atoms with Crippen molar-refractivity contribution >= 4 is 38.3 Å². The zero-order valence-corrected chi connectivity index (χ0v) is 17.4. The van der Waals surface area contributed by atoms with Crippen LogP contribution < -0.4 is 9.62 Å². The third kappa shape index (κ3) is 3.79. The maximum absolute atomic E-state index is 12.6. The lowest BCUT2D eigenvalue weighted by atomic mass is 10.1. The van der Waals surface area contributed by atoms with E-state index in [9.17, 15) is 13.2 Å². The van der Waals surface area contributed by atoms with Crippen molar-refractivity contribution in [2.75, 3.05) is 21.9 Å². The van der Waals surface area contributed by atoms with E-state index in [4.69, 9.17) is 4.42 Å². The molecule has 1 amide bonds. The van der Waals surface area contributed by atoms with Crippen molar-refractivity contribution in [2.24, 2.45) is 0 Å². The van der Waals surface area contributed by atoms with Gasteiger partial charge in [0.05, 0.1) is 29.6 Å². The molecule has 0 radical (unpaired) electrons. The molecule has 1 saturated heterocycles. The van der Waals surface area contributed by atoms with Gasteiger partial charge < -0.3 is 9.73 Å². The summed E-state index contributed by atoms with van der Waals surface area (Å²) in [6, 6.07) is 16.6. The largest absolute Gasteiger partial charge is 0.464 e. The van der Waals surface area contributed by atoms with Crippen molar-refractivity contribution < 1.29 is 17.6 Å². The Hall–Kier alpha value is -3.59. The van der Waals surface area contributed by atoms with Gasteiger partial charge in [-0.1, -0.05) is 24.3 Å². The number of amides is 1. The van der Waals surface area contributed by atoms with E-state index in [-0.39, 0.29) is 18.1 Å². The molecule has 0 aliphatic carbocycles. The first kappa shape index (κ1) is 19.4. The van der Waals surface area contributed by atoms with E-state index in [0.717, 1.165) is 22.4 Å². The number of benzene rings is 2. The Morgan fingerprint density at radius 3 is 2.71 bits per heavy atom. The summed E-state index contributed by atoms with van der Waals surface area (Å²) in [4.78, 5) is 12.6. The molecule has 0 spiro atoms. The molecule has 1 aliphatic rings. The van der Waals surface area contributed by atoms with Crippen LogP contribution in [0.3, 0.4) is 0 Å². The van der Waals surface area contributed by atoms with Crippen LogP contribution in [0.2, 0.25) is 0 Å². The van der Waals surface area contributed by atoms with Gasteiger partial charge in [0.1, 0.15) is 5.76 Å². The summed E-state index contributed by atoms with van der Waals surface area (Å²) in [5, 5.41) is 10.6. The molecule has 1 fully saturated rings. The third-order valence-electron chi connectivity index (χ3n) is 5.32. The van der Waals surface area contributed by atoms with Gasteiger partial charge in [-0.05, 0) is 42.3 Å². The summed E-state index contributed by atoms with van der Waals surface area (Å²) in [6.07, 6.45) is 2.41. The molecule has 5 rings (SSSR count). The number of furan rings is 1. The van der Waals surface area contributed by atoms with E-state index in [1.165, 1.54) is 4.31 Å². The smallest absolute Gasteiger partial charge is 0.235 e. The first-order valence-corrected chi connectivity index (χ1v) is 11.5. The predicted octanol–water partition coefficient (Wildman–Crippen LogP) is 3.54. The van der Waals surface area contributed by atoms with Crippen LogP contribution in [0.25, 0.3) is 22.2 Å². The Kier molecular flexibility index (Phi) is 4.74. The van der Waals surface area contributed by atoms with E-state index in [0.29, 0.717) is 29.9 Å². The molecule has 0 unspecified atom stereocenters. The SMILES string of the molecule is O=C(Cc1ccc(-c2ccco2)cc1)Nc1n[nH]c2ccc(N3CCCS3(=O)=O)cc12. The lowest BCUT2D eigenvalue weighted by molar-refractivity contribution is -0.115. The average Bonchev–Trinajstić information content (AvgIpc) is 3.49. The standard InChI is InChI=1S/C22H20N4O4S/c27-21(13-15-4-6-16(7-5-15)20-3-1-11-30-20)23-22-18-14-17(8-9-19(18)24-25-22)26-10-2-12-31(26,28)29/h1,3-9,11,14H,2,10,12-13H2,(H2,23,24,25,27). The van der Waals surface area contributed by atoms with Crippen molar-refractivity contribution in [3.8, 4) is 11.3 Å². The molecule has 31 heavy (non-hydrogen) atoms. The third-order valence-corrected chi connectivity index (χ3v) is 7.19. The highest BCUT2D eigenvalue weighted by molar-refractivity contribution is 7.93. The van der Waals surface area contributed by atoms with Gasteiger partial charge in [-0.3, -0.25) is 14.2 Å². The van der Waals surface area contributed by atoms with Crippen LogP contribution in [0.1, 0.15) is 12.0 Å². The number of fused-ring (bicyclic) bond motifs is 1. The molecule has 1 aliphatic heterocycles. The molecular weight excluding hydrogens is 416 g/mol. The second-order valence-electron chi connectivity index (χ2n) is 7.44. The first-order chi connectivity index (χ1) is 15.0. The van der Waals surface area contributed by atoms with Crippen LogP contribution in [0.5, 0.6) is 0 Å². The van der Waals surface area contributed by atoms with E-state index in [1.54, 1.807) is 24.5 Å². The fourth-order valence-corrected chi connectivity index (χ4v) is 5.33. The zero-order chi connectivity index (χ0) is 21.4. The summed E-state index contributed by atoms with van der Waals surface area (Å²) < 4.78 is 31.2. The normalized spacial score (nSPS) is 15.4. The number of hydrogen-bond acceptors (Lipinski definition) is 5. The maximum atomic E-state index is 12.6. The number of aromatic amines is 1. The van der Waals surface area contributed by atoms with Crippen LogP contribution in [0, 0.1) is 0 Å². The number of sulfonamides is 1. The number of nitrogens with zero attached hydrogens (tertiary/aromatic N) is 2. The number of carbonyl (C=O) groups is 1. The molecule has 0 atom stereocenters. The van der Waals surface area contributed by atoms with Crippen LogP contribution in [-0.2, 0) is 21.2 Å². The van der Waals surface area contributed by atoms with E-state index in [2.05, 4.69) is 15.5 Å². The number of anilines is 2. The van der Waals surface area contributed by atoms with Gasteiger partial charge in [0.2, 0.25) is 15.9 Å². The molecule has 0 bridgehead atoms. The van der Waals surface area contributed by atoms with Crippen LogP contribution in [-0.4, -0.2) is 36.8 Å². The maximum Gasteiger partial charge on any atom is 0.235 e. The van der Waals surface area contributed by atoms with Crippen molar-refractivity contribution in [3.05, 3.63) is 66.4 Å². The first-order valence-electron chi connectivity index (χ1n) is 9.91. The second-order valence-corrected chi connectivity index (χ2v) is 9.46. The molecule has 158 valence electrons. The van der Waals surface area contributed by atoms with Crippen LogP contribution in [0.4, 0.5) is 11.5 Å². The molecule has 8 nitrogen and oxygen atoms in total. The molecule has 2 aromatic heterocycles. The number of hydrogen-bond donors (Lipinski definition) is 2. The van der Waals surface area contributed by atoms with Gasteiger partial charge in [0.15, 0.2) is 5.82 Å². The zero-order valence-electron chi connectivity index (χ0n) is 16.5. The van der Waals surface area contributed by atoms with Crippen molar-refractivity contribution in [1.82, 2.24) is 10.2 Å². The van der Waals surface area contributed by atoms with E-state index < -0.39 is 10.0 Å². The quantitative estimate of drug-likeness (QED) is 0.497. The number of aromatic nitrogens is 2. The minimum Gasteiger partial charge on any atom is -0.464 e. The molecule has 3 heterocycles. The summed E-state index contributed by atoms with van der Waals surface area (Å²) in [7, 11) is -3.28. The molecular formula is C22H20N4O4S. The molecule has 4 aromatic rings. The van der Waals surface area contributed by atoms with Gasteiger partial charge in [0, 0.05) is 17.5 Å². The molecule has 2 aromatic carbocycles. The number of H-pyrrole nitrogens is 1. The Morgan fingerprint density at radius 2 is 2.00 bits per heavy atom. The van der Waals surface area contributed by atoms with Crippen LogP contribution >= 0.6 is 0 Å². The monoisotopic (exact) mass is 436 g/mol. The minimum absolute atomic E-state index is 0.152. The summed E-state index contributed by atoms with van der Waals surface area (Å²) in [5.74, 6) is 1.09. The number of nitrogens with one attached hydrogen (secondary N) is 2. The fraction of sp³-hybridized carbons (Fsp3) is 0.182. The minimum atomic E-state index is -3.28. The second kappa shape index (κ2) is 7.59. The van der Waals surface area contributed by atoms with Gasteiger partial charge in [-0.25, -0.2) is 8.42 Å². The highest BCUT2D eigenvalue weighted by Crippen LogP contribution is 2.30. The molecule has 0 saturated carbocycles. The number of carbonyl (C=O) groups excluding carboxylic acids is 1. The van der Waals surface area contributed by atoms with E-state index >= 15 is 0 Å². The topological polar surface area (TPSA) is 108 Å². The van der Waals surface area contributed by atoms with Gasteiger partial charge in [-0.2, -0.15) is 5.10 Å². The Morgan fingerprint density at radius 1 is 1.16 bits per heavy atom. The summed E-state index contributed by atoms with van der Waals surface area (Å²) in [6.45, 7) is 0.460. The van der Waals surface area contributed by atoms with Crippen LogP contribution in [0.15, 0.2) is 65.3 Å². The summed E-state index contributed by atoms with van der Waals surface area (Å²) in [5.41, 5.74) is 3.10. The summed E-state index contributed by atoms with van der Waals surface area (Å²) >= 11 is 0. The van der Waals surface area contributed by atoms with Gasteiger partial charge in [-0.15, -0.1) is 0 Å².